The maximum absolute atomic E-state index is 13.4. The van der Waals surface area contributed by atoms with Gasteiger partial charge in [-0.1, -0.05) is 0 Å². The van der Waals surface area contributed by atoms with Crippen molar-refractivity contribution in [3.8, 4) is 5.75 Å². The number of nitrogens with one attached hydrogen (secondary N) is 1. The third-order valence-electron chi connectivity index (χ3n) is 5.70. The van der Waals surface area contributed by atoms with E-state index in [0.717, 1.165) is 49.4 Å². The van der Waals surface area contributed by atoms with Gasteiger partial charge in [0.25, 0.3) is 0 Å². The van der Waals surface area contributed by atoms with E-state index in [-0.39, 0.29) is 17.5 Å². The normalized spacial score (nSPS) is 15.9. The van der Waals surface area contributed by atoms with Crippen LogP contribution in [0.3, 0.4) is 0 Å². The second-order valence-electron chi connectivity index (χ2n) is 7.56. The predicted octanol–water partition coefficient (Wildman–Crippen LogP) is 0.661. The zero-order valence-corrected chi connectivity index (χ0v) is 17.0. The Bertz CT molecular complexity index is 1050. The van der Waals surface area contributed by atoms with Gasteiger partial charge in [0.1, 0.15) is 43.3 Å². The van der Waals surface area contributed by atoms with Crippen LogP contribution in [0.5, 0.6) is 5.75 Å². The molecule has 7 heteroatoms. The molecule has 30 heavy (non-hydrogen) atoms. The summed E-state index contributed by atoms with van der Waals surface area (Å²) in [6.07, 6.45) is 0. The largest absolute Gasteiger partial charge is 0.497 e. The van der Waals surface area contributed by atoms with Gasteiger partial charge in [-0.3, -0.25) is 0 Å². The Morgan fingerprint density at radius 1 is 1.13 bits per heavy atom. The van der Waals surface area contributed by atoms with Crippen LogP contribution in [0.4, 0.5) is 4.39 Å². The van der Waals surface area contributed by atoms with Crippen molar-refractivity contribution in [2.75, 3.05) is 40.0 Å². The number of fused-ring (bicyclic) bond motifs is 1. The monoisotopic (exact) mass is 414 g/mol. The highest BCUT2D eigenvalue weighted by Gasteiger charge is 2.28. The Labute approximate surface area is 174 Å². The predicted molar refractivity (Wildman–Crippen MR) is 110 cm³/mol. The van der Waals surface area contributed by atoms with Crippen molar-refractivity contribution < 1.29 is 28.5 Å². The van der Waals surface area contributed by atoms with Gasteiger partial charge >= 0.3 is 5.63 Å². The van der Waals surface area contributed by atoms with Crippen molar-refractivity contribution in [3.05, 3.63) is 75.9 Å². The first-order valence-corrected chi connectivity index (χ1v) is 10.2. The van der Waals surface area contributed by atoms with E-state index < -0.39 is 0 Å². The summed E-state index contributed by atoms with van der Waals surface area (Å²) >= 11 is 0. The maximum Gasteiger partial charge on any atom is 0.336 e. The van der Waals surface area contributed by atoms with E-state index in [1.54, 1.807) is 19.2 Å². The van der Waals surface area contributed by atoms with E-state index in [1.807, 2.05) is 24.3 Å². The van der Waals surface area contributed by atoms with Crippen LogP contribution >= 0.6 is 0 Å². The lowest BCUT2D eigenvalue weighted by Gasteiger charge is -2.30. The summed E-state index contributed by atoms with van der Waals surface area (Å²) in [5, 5.41) is 3.11. The second-order valence-corrected chi connectivity index (χ2v) is 7.56. The van der Waals surface area contributed by atoms with Gasteiger partial charge in [0, 0.05) is 28.6 Å². The van der Waals surface area contributed by atoms with Crippen molar-refractivity contribution in [1.29, 1.82) is 0 Å². The molecule has 2 heterocycles. The molecule has 0 unspecified atom stereocenters. The molecular weight excluding hydrogens is 387 g/mol. The molecule has 158 valence electrons. The smallest absolute Gasteiger partial charge is 0.336 e. The summed E-state index contributed by atoms with van der Waals surface area (Å²) < 4.78 is 29.5. The van der Waals surface area contributed by atoms with Crippen molar-refractivity contribution in [1.82, 2.24) is 0 Å². The van der Waals surface area contributed by atoms with Crippen molar-refractivity contribution in [3.63, 3.8) is 0 Å². The molecule has 6 nitrogen and oxygen atoms in total. The average Bonchev–Trinajstić information content (AvgIpc) is 2.77. The zero-order chi connectivity index (χ0) is 20.9. The molecule has 0 aliphatic carbocycles. The second kappa shape index (κ2) is 9.38. The molecule has 1 fully saturated rings. The van der Waals surface area contributed by atoms with Gasteiger partial charge in [-0.05, 0) is 36.4 Å². The molecule has 1 aromatic heterocycles. The minimum absolute atomic E-state index is 0.223. The maximum atomic E-state index is 13.4. The van der Waals surface area contributed by atoms with Crippen LogP contribution in [-0.2, 0) is 11.3 Å². The van der Waals surface area contributed by atoms with Crippen molar-refractivity contribution in [2.24, 2.45) is 0 Å². The lowest BCUT2D eigenvalue weighted by molar-refractivity contribution is -0.952. The minimum atomic E-state index is -0.368. The summed E-state index contributed by atoms with van der Waals surface area (Å²) in [5.74, 6) is 0.426. The molecule has 0 saturated carbocycles. The van der Waals surface area contributed by atoms with Gasteiger partial charge in [-0.25, -0.2) is 9.18 Å². The number of morpholine rings is 1. The number of ether oxygens (including phenoxy) is 2. The van der Waals surface area contributed by atoms with Gasteiger partial charge in [-0.15, -0.1) is 0 Å². The number of nitrogens with two attached hydrogens (primary N) is 1. The minimum Gasteiger partial charge on any atom is -0.497 e. The molecule has 3 N–H and O–H groups in total. The Morgan fingerprint density at radius 3 is 2.63 bits per heavy atom. The first-order valence-electron chi connectivity index (χ1n) is 10.2. The number of halogens is 1. The van der Waals surface area contributed by atoms with E-state index in [1.165, 1.54) is 17.0 Å². The summed E-state index contributed by atoms with van der Waals surface area (Å²) in [5.41, 5.74) is 2.21. The zero-order valence-electron chi connectivity index (χ0n) is 17.0. The molecule has 0 bridgehead atoms. The molecule has 0 radical (unpaired) electrons. The standard InChI is InChI=1S/C23H25FN2O4/c1-28-19-6-7-20-17(12-23(27)30-22(20)13-19)14-25-15-21(26-8-10-29-11-9-26)16-2-4-18(24)5-3-16/h2-7,12-13,21,25H,8-11,14-15H2,1H3/p+2/t21-/m1/s1. The SMILES string of the molecule is COc1ccc2c(C[NH2+]C[C@H](c3ccc(F)cc3)[NH+]3CCOCC3)cc(=O)oc2c1. The Balaban J connectivity index is 1.53. The van der Waals surface area contributed by atoms with Crippen LogP contribution in [0.1, 0.15) is 17.2 Å². The summed E-state index contributed by atoms with van der Waals surface area (Å²) in [4.78, 5) is 13.5. The van der Waals surface area contributed by atoms with Crippen LogP contribution in [0.25, 0.3) is 11.0 Å². The Morgan fingerprint density at radius 2 is 1.90 bits per heavy atom. The van der Waals surface area contributed by atoms with E-state index in [4.69, 9.17) is 13.9 Å². The highest BCUT2D eigenvalue weighted by Crippen LogP contribution is 2.22. The van der Waals surface area contributed by atoms with E-state index in [0.29, 0.717) is 17.9 Å². The van der Waals surface area contributed by atoms with Gasteiger partial charge in [0.15, 0.2) is 6.04 Å². The fraction of sp³-hybridized carbons (Fsp3) is 0.348. The molecule has 2 aromatic carbocycles. The molecule has 1 atom stereocenters. The first-order chi connectivity index (χ1) is 14.6. The molecule has 1 aliphatic rings. The summed E-state index contributed by atoms with van der Waals surface area (Å²) in [7, 11) is 1.58. The van der Waals surface area contributed by atoms with Gasteiger partial charge in [-0.2, -0.15) is 0 Å². The van der Waals surface area contributed by atoms with Crippen molar-refractivity contribution >= 4 is 11.0 Å². The van der Waals surface area contributed by atoms with E-state index in [9.17, 15) is 9.18 Å². The first kappa shape index (κ1) is 20.5. The van der Waals surface area contributed by atoms with Gasteiger partial charge in [0.05, 0.1) is 20.3 Å². The lowest BCUT2D eigenvalue weighted by Crippen LogP contribution is -3.16. The van der Waals surface area contributed by atoms with Crippen LogP contribution in [-0.4, -0.2) is 40.0 Å². The van der Waals surface area contributed by atoms with E-state index >= 15 is 0 Å². The molecule has 0 amide bonds. The van der Waals surface area contributed by atoms with Crippen LogP contribution < -0.4 is 20.6 Å². The van der Waals surface area contributed by atoms with Crippen LogP contribution in [0.15, 0.2) is 57.7 Å². The highest BCUT2D eigenvalue weighted by molar-refractivity contribution is 5.81. The molecule has 1 saturated heterocycles. The number of benzene rings is 2. The Kier molecular flexibility index (Phi) is 6.42. The molecule has 0 spiro atoms. The van der Waals surface area contributed by atoms with Crippen molar-refractivity contribution in [2.45, 2.75) is 12.6 Å². The molecular formula is C23H27FN2O4+2. The Hall–Kier alpha value is -2.74. The number of rotatable bonds is 7. The number of quaternary nitrogens is 2. The molecule has 1 aliphatic heterocycles. The van der Waals surface area contributed by atoms with E-state index in [2.05, 4.69) is 5.32 Å². The average molecular weight is 414 g/mol. The molecule has 3 aromatic rings. The van der Waals surface area contributed by atoms with Crippen LogP contribution in [0.2, 0.25) is 0 Å². The third kappa shape index (κ3) is 4.70. The van der Waals surface area contributed by atoms with Gasteiger partial charge in [0.2, 0.25) is 0 Å². The van der Waals surface area contributed by atoms with Gasteiger partial charge < -0.3 is 24.1 Å². The third-order valence-corrected chi connectivity index (χ3v) is 5.70. The molecule has 4 rings (SSSR count). The summed E-state index contributed by atoms with van der Waals surface area (Å²) in [6, 6.07) is 14.1. The quantitative estimate of drug-likeness (QED) is 0.558. The number of hydrogen-bond acceptors (Lipinski definition) is 4. The summed E-state index contributed by atoms with van der Waals surface area (Å²) in [6.45, 7) is 4.79. The fourth-order valence-electron chi connectivity index (χ4n) is 4.13. The fourth-order valence-corrected chi connectivity index (χ4v) is 4.13. The highest BCUT2D eigenvalue weighted by atomic mass is 19.1. The topological polar surface area (TPSA) is 69.7 Å². The van der Waals surface area contributed by atoms with Crippen LogP contribution in [0, 0.1) is 5.82 Å². The lowest BCUT2D eigenvalue weighted by atomic mass is 10.0. The number of methoxy groups -OCH3 is 1. The number of hydrogen-bond donors (Lipinski definition) is 2.